The normalized spacial score (nSPS) is 12.4. The quantitative estimate of drug-likeness (QED) is 0.746. The number of aliphatic hydroxyl groups is 1. The highest BCUT2D eigenvalue weighted by atomic mass is 32.2. The molecular formula is C12H19NO4S. The molecule has 0 aliphatic rings. The highest BCUT2D eigenvalue weighted by molar-refractivity contribution is 7.97. The Labute approximate surface area is 111 Å². The molecule has 1 amide bonds. The molecule has 1 unspecified atom stereocenters. The van der Waals surface area contributed by atoms with Gasteiger partial charge in [0.05, 0.1) is 18.4 Å². The molecule has 6 heteroatoms. The second-order valence-corrected chi connectivity index (χ2v) is 4.70. The Morgan fingerprint density at radius 2 is 2.39 bits per heavy atom. The molecule has 18 heavy (non-hydrogen) atoms. The van der Waals surface area contributed by atoms with E-state index in [2.05, 4.69) is 5.32 Å². The first-order chi connectivity index (χ1) is 8.71. The van der Waals surface area contributed by atoms with Gasteiger partial charge in [-0.2, -0.15) is 11.8 Å². The number of amides is 1. The van der Waals surface area contributed by atoms with Crippen molar-refractivity contribution < 1.29 is 19.1 Å². The molecule has 0 aromatic carbocycles. The number of hydrogen-bond acceptors (Lipinski definition) is 5. The van der Waals surface area contributed by atoms with Gasteiger partial charge >= 0.3 is 0 Å². The van der Waals surface area contributed by atoms with Gasteiger partial charge < -0.3 is 19.6 Å². The molecule has 1 rings (SSSR count). The van der Waals surface area contributed by atoms with E-state index in [1.165, 1.54) is 0 Å². The summed E-state index contributed by atoms with van der Waals surface area (Å²) in [5.41, 5.74) is 0. The minimum atomic E-state index is -0.313. The standard InChI is InChI=1S/C12H19NO4S/c1-16-6-5-9(7-14)13-12(15)11-4-3-10(17-11)8-18-2/h3-4,9,14H,5-8H2,1-2H3,(H,13,15). The van der Waals surface area contributed by atoms with Crippen molar-refractivity contribution in [2.75, 3.05) is 26.6 Å². The predicted octanol–water partition coefficient (Wildman–Crippen LogP) is 1.27. The van der Waals surface area contributed by atoms with Crippen molar-refractivity contribution in [3.63, 3.8) is 0 Å². The molecule has 0 saturated heterocycles. The van der Waals surface area contributed by atoms with Gasteiger partial charge in [-0.05, 0) is 24.8 Å². The van der Waals surface area contributed by atoms with Crippen LogP contribution in [0.25, 0.3) is 0 Å². The third-order valence-electron chi connectivity index (χ3n) is 2.40. The number of furan rings is 1. The molecule has 0 spiro atoms. The lowest BCUT2D eigenvalue weighted by atomic mass is 10.2. The number of aliphatic hydroxyl groups excluding tert-OH is 1. The number of nitrogens with one attached hydrogen (secondary N) is 1. The third-order valence-corrected chi connectivity index (χ3v) is 2.97. The summed E-state index contributed by atoms with van der Waals surface area (Å²) in [6, 6.07) is 3.12. The molecule has 0 saturated carbocycles. The Kier molecular flexibility index (Phi) is 6.85. The smallest absolute Gasteiger partial charge is 0.287 e. The third kappa shape index (κ3) is 4.72. The highest BCUT2D eigenvalue weighted by Gasteiger charge is 2.15. The first kappa shape index (κ1) is 15.1. The van der Waals surface area contributed by atoms with Crippen LogP contribution in [0.1, 0.15) is 22.7 Å². The maximum Gasteiger partial charge on any atom is 0.287 e. The van der Waals surface area contributed by atoms with Crippen molar-refractivity contribution in [1.82, 2.24) is 5.32 Å². The SMILES string of the molecule is COCCC(CO)NC(=O)c1ccc(CSC)o1. The van der Waals surface area contributed by atoms with E-state index in [1.54, 1.807) is 31.0 Å². The number of methoxy groups -OCH3 is 1. The van der Waals surface area contributed by atoms with E-state index in [0.717, 1.165) is 11.5 Å². The van der Waals surface area contributed by atoms with Gasteiger partial charge in [0.1, 0.15) is 5.76 Å². The summed E-state index contributed by atoms with van der Waals surface area (Å²) >= 11 is 1.63. The van der Waals surface area contributed by atoms with Crippen LogP contribution in [-0.4, -0.2) is 43.6 Å². The van der Waals surface area contributed by atoms with Crippen LogP contribution in [0.2, 0.25) is 0 Å². The summed E-state index contributed by atoms with van der Waals surface area (Å²) in [6.07, 6.45) is 2.53. The van der Waals surface area contributed by atoms with Crippen LogP contribution in [0, 0.1) is 0 Å². The number of rotatable bonds is 8. The fraction of sp³-hybridized carbons (Fsp3) is 0.583. The maximum absolute atomic E-state index is 11.8. The molecule has 1 heterocycles. The number of carbonyl (C=O) groups is 1. The average molecular weight is 273 g/mol. The van der Waals surface area contributed by atoms with Gasteiger partial charge in [-0.3, -0.25) is 4.79 Å². The topological polar surface area (TPSA) is 71.7 Å². The van der Waals surface area contributed by atoms with E-state index in [4.69, 9.17) is 14.3 Å². The van der Waals surface area contributed by atoms with Crippen LogP contribution >= 0.6 is 11.8 Å². The van der Waals surface area contributed by atoms with Crippen LogP contribution in [0.4, 0.5) is 0 Å². The van der Waals surface area contributed by atoms with E-state index < -0.39 is 0 Å². The van der Waals surface area contributed by atoms with Gasteiger partial charge in [-0.15, -0.1) is 0 Å². The molecule has 102 valence electrons. The van der Waals surface area contributed by atoms with Crippen molar-refractivity contribution >= 4 is 17.7 Å². The molecular weight excluding hydrogens is 254 g/mol. The Balaban J connectivity index is 2.51. The van der Waals surface area contributed by atoms with E-state index in [9.17, 15) is 4.79 Å². The van der Waals surface area contributed by atoms with Crippen molar-refractivity contribution in [3.8, 4) is 0 Å². The molecule has 0 bridgehead atoms. The first-order valence-corrected chi connectivity index (χ1v) is 7.09. The predicted molar refractivity (Wildman–Crippen MR) is 70.8 cm³/mol. The first-order valence-electron chi connectivity index (χ1n) is 5.69. The van der Waals surface area contributed by atoms with Crippen LogP contribution in [0.5, 0.6) is 0 Å². The van der Waals surface area contributed by atoms with E-state index in [0.29, 0.717) is 13.0 Å². The van der Waals surface area contributed by atoms with E-state index in [1.807, 2.05) is 6.26 Å². The Morgan fingerprint density at radius 3 is 3.00 bits per heavy atom. The minimum Gasteiger partial charge on any atom is -0.455 e. The molecule has 1 aromatic heterocycles. The van der Waals surface area contributed by atoms with Crippen molar-refractivity contribution in [2.24, 2.45) is 0 Å². The van der Waals surface area contributed by atoms with Crippen LogP contribution in [0.3, 0.4) is 0 Å². The van der Waals surface area contributed by atoms with Crippen LogP contribution in [0.15, 0.2) is 16.5 Å². The average Bonchev–Trinajstić information content (AvgIpc) is 2.83. The van der Waals surface area contributed by atoms with Gasteiger partial charge in [-0.25, -0.2) is 0 Å². The minimum absolute atomic E-state index is 0.118. The molecule has 0 aliphatic carbocycles. The Hall–Kier alpha value is -0.980. The molecule has 1 atom stereocenters. The number of carbonyl (C=O) groups excluding carboxylic acids is 1. The van der Waals surface area contributed by atoms with Gasteiger partial charge in [0.25, 0.3) is 5.91 Å². The zero-order valence-corrected chi connectivity index (χ0v) is 11.5. The van der Waals surface area contributed by atoms with Gasteiger partial charge in [-0.1, -0.05) is 0 Å². The number of hydrogen-bond donors (Lipinski definition) is 2. The fourth-order valence-corrected chi connectivity index (χ4v) is 1.89. The van der Waals surface area contributed by atoms with Crippen LogP contribution < -0.4 is 5.32 Å². The Morgan fingerprint density at radius 1 is 1.61 bits per heavy atom. The van der Waals surface area contributed by atoms with Gasteiger partial charge in [0, 0.05) is 13.7 Å². The molecule has 1 aromatic rings. The largest absolute Gasteiger partial charge is 0.455 e. The lowest BCUT2D eigenvalue weighted by Crippen LogP contribution is -2.38. The lowest BCUT2D eigenvalue weighted by molar-refractivity contribution is 0.0866. The molecule has 0 aliphatic heterocycles. The second-order valence-electron chi connectivity index (χ2n) is 3.83. The van der Waals surface area contributed by atoms with Crippen LogP contribution in [-0.2, 0) is 10.5 Å². The molecule has 0 fully saturated rings. The monoisotopic (exact) mass is 273 g/mol. The van der Waals surface area contributed by atoms with E-state index >= 15 is 0 Å². The van der Waals surface area contributed by atoms with Crippen molar-refractivity contribution in [2.45, 2.75) is 18.2 Å². The molecule has 5 nitrogen and oxygen atoms in total. The number of thioether (sulfide) groups is 1. The number of ether oxygens (including phenoxy) is 1. The summed E-state index contributed by atoms with van der Waals surface area (Å²) in [7, 11) is 1.58. The highest BCUT2D eigenvalue weighted by Crippen LogP contribution is 2.13. The maximum atomic E-state index is 11.8. The zero-order chi connectivity index (χ0) is 13.4. The Bertz CT molecular complexity index is 367. The van der Waals surface area contributed by atoms with E-state index in [-0.39, 0.29) is 24.3 Å². The van der Waals surface area contributed by atoms with Gasteiger partial charge in [0.15, 0.2) is 5.76 Å². The zero-order valence-electron chi connectivity index (χ0n) is 10.6. The summed E-state index contributed by atoms with van der Waals surface area (Å²) in [6.45, 7) is 0.370. The van der Waals surface area contributed by atoms with Crippen molar-refractivity contribution in [3.05, 3.63) is 23.7 Å². The lowest BCUT2D eigenvalue weighted by Gasteiger charge is -2.14. The fourth-order valence-electron chi connectivity index (χ4n) is 1.45. The second kappa shape index (κ2) is 8.18. The molecule has 0 radical (unpaired) electrons. The van der Waals surface area contributed by atoms with Crippen molar-refractivity contribution in [1.29, 1.82) is 0 Å². The van der Waals surface area contributed by atoms with Gasteiger partial charge in [0.2, 0.25) is 0 Å². The summed E-state index contributed by atoms with van der Waals surface area (Å²) in [5, 5.41) is 11.8. The summed E-state index contributed by atoms with van der Waals surface area (Å²) in [5.74, 6) is 1.47. The summed E-state index contributed by atoms with van der Waals surface area (Å²) < 4.78 is 10.3. The summed E-state index contributed by atoms with van der Waals surface area (Å²) in [4.78, 5) is 11.8. The molecule has 2 N–H and O–H groups in total.